The SMILES string of the molecule is O=C(O)c1c(I)c(I)c(I)c(I)c1C(=O)NC12CC3CC(C1)CC(C(=O)OC(C(F)(F)F)C(F)(F)S(=O)(=O)[O-])(C3)C2. The zero-order valence-electron chi connectivity index (χ0n) is 20.1. The van der Waals surface area contributed by atoms with Crippen LogP contribution in [0.3, 0.4) is 0 Å². The topological polar surface area (TPSA) is 150 Å². The Bertz CT molecular complexity index is 1440. The van der Waals surface area contributed by atoms with Crippen LogP contribution in [0.4, 0.5) is 22.0 Å². The molecule has 19 heteroatoms. The van der Waals surface area contributed by atoms with Gasteiger partial charge in [-0.2, -0.15) is 22.0 Å². The minimum atomic E-state index is -6.86. The van der Waals surface area contributed by atoms with Crippen LogP contribution in [-0.4, -0.2) is 59.0 Å². The average molecular weight is 1060 g/mol. The highest BCUT2D eigenvalue weighted by Crippen LogP contribution is 2.62. The lowest BCUT2D eigenvalue weighted by Crippen LogP contribution is -2.65. The molecule has 4 aliphatic carbocycles. The number of carbonyl (C=O) groups excluding carboxylic acids is 2. The zero-order chi connectivity index (χ0) is 31.1. The molecule has 3 unspecified atom stereocenters. The molecule has 4 aliphatic rings. The van der Waals surface area contributed by atoms with Gasteiger partial charge in [0.25, 0.3) is 12.0 Å². The first kappa shape index (κ1) is 34.0. The third-order valence-electron chi connectivity index (χ3n) is 7.74. The van der Waals surface area contributed by atoms with Crippen LogP contribution < -0.4 is 5.32 Å². The summed E-state index contributed by atoms with van der Waals surface area (Å²) in [7, 11) is -6.86. The molecule has 4 saturated carbocycles. The number of carboxylic acids is 1. The summed E-state index contributed by atoms with van der Waals surface area (Å²) in [6, 6.07) is 0. The van der Waals surface area contributed by atoms with Crippen molar-refractivity contribution >= 4 is 118 Å². The predicted octanol–water partition coefficient (Wildman–Crippen LogP) is 5.48. The Morgan fingerprint density at radius 1 is 0.927 bits per heavy atom. The summed E-state index contributed by atoms with van der Waals surface area (Å²) in [4.78, 5) is 39.0. The van der Waals surface area contributed by atoms with Gasteiger partial charge in [-0.3, -0.25) is 9.59 Å². The summed E-state index contributed by atoms with van der Waals surface area (Å²) in [5.74, 6) is -4.49. The van der Waals surface area contributed by atoms with E-state index in [2.05, 4.69) is 10.1 Å². The van der Waals surface area contributed by atoms with Crippen LogP contribution in [0.15, 0.2) is 0 Å². The highest BCUT2D eigenvalue weighted by Gasteiger charge is 2.67. The van der Waals surface area contributed by atoms with Crippen LogP contribution in [0.1, 0.15) is 59.2 Å². The Balaban J connectivity index is 1.70. The molecule has 1 amide bonds. The number of aromatic carboxylic acids is 1. The Morgan fingerprint density at radius 3 is 1.85 bits per heavy atom. The van der Waals surface area contributed by atoms with Crippen LogP contribution in [0.5, 0.6) is 0 Å². The van der Waals surface area contributed by atoms with E-state index < -0.39 is 56.5 Å². The van der Waals surface area contributed by atoms with Crippen molar-refractivity contribution in [3.05, 3.63) is 25.4 Å². The van der Waals surface area contributed by atoms with Crippen molar-refractivity contribution in [1.82, 2.24) is 5.32 Å². The molecule has 228 valence electrons. The number of rotatable bonds is 7. The van der Waals surface area contributed by atoms with Gasteiger partial charge in [-0.05, 0) is 141 Å². The fourth-order valence-corrected chi connectivity index (χ4v) is 10.8. The average Bonchev–Trinajstić information content (AvgIpc) is 2.79. The Kier molecular flexibility index (Phi) is 9.26. The molecule has 3 atom stereocenters. The standard InChI is InChI=1S/C22H18F5I4NO8S/c23-21(24,25)17(22(26,27)41(37,38)39)40-18(36)19-2-7-1-8(3-19)5-20(4-7,6-19)32-15(33)9-10(16(34)35)12(29)14(31)13(30)11(9)28/h7-8,17H,1-6H2,(H,32,33)(H,34,35)(H,37,38,39)/p-1. The van der Waals surface area contributed by atoms with E-state index in [1.54, 1.807) is 0 Å². The Hall–Kier alpha value is 0.110. The van der Waals surface area contributed by atoms with Gasteiger partial charge in [0.05, 0.1) is 16.5 Å². The van der Waals surface area contributed by atoms with Crippen LogP contribution in [-0.2, 0) is 19.6 Å². The summed E-state index contributed by atoms with van der Waals surface area (Å²) in [6.45, 7) is 0. The van der Waals surface area contributed by atoms with Gasteiger partial charge in [-0.1, -0.05) is 0 Å². The van der Waals surface area contributed by atoms with E-state index in [1.807, 2.05) is 90.4 Å². The molecular weight excluding hydrogens is 1040 g/mol. The molecule has 0 aliphatic heterocycles. The van der Waals surface area contributed by atoms with E-state index in [0.29, 0.717) is 33.5 Å². The van der Waals surface area contributed by atoms with Gasteiger partial charge in [0.1, 0.15) is 0 Å². The number of benzene rings is 1. The molecule has 1 aromatic carbocycles. The molecule has 0 aromatic heterocycles. The van der Waals surface area contributed by atoms with E-state index in [9.17, 15) is 54.4 Å². The minimum absolute atomic E-state index is 0.0442. The van der Waals surface area contributed by atoms with Crippen molar-refractivity contribution < 1.29 is 59.1 Å². The molecule has 9 nitrogen and oxygen atoms in total. The number of carboxylic acid groups (broad SMARTS) is 1. The lowest BCUT2D eigenvalue weighted by molar-refractivity contribution is -0.266. The van der Waals surface area contributed by atoms with Crippen LogP contribution in [0.25, 0.3) is 0 Å². The Labute approximate surface area is 284 Å². The molecule has 4 bridgehead atoms. The highest BCUT2D eigenvalue weighted by atomic mass is 127. The van der Waals surface area contributed by atoms with Crippen molar-refractivity contribution in [1.29, 1.82) is 0 Å². The number of ether oxygens (including phenoxy) is 1. The normalized spacial score (nSPS) is 28.3. The molecule has 0 heterocycles. The summed E-state index contributed by atoms with van der Waals surface area (Å²) in [5.41, 5.74) is -3.33. The lowest BCUT2D eigenvalue weighted by atomic mass is 9.47. The second-order valence-electron chi connectivity index (χ2n) is 10.6. The number of halogens is 9. The summed E-state index contributed by atoms with van der Waals surface area (Å²) < 4.78 is 108. The van der Waals surface area contributed by atoms with Crippen molar-refractivity contribution in [2.24, 2.45) is 17.3 Å². The minimum Gasteiger partial charge on any atom is -0.743 e. The number of nitrogens with one attached hydrogen (secondary N) is 1. The largest absolute Gasteiger partial charge is 0.743 e. The van der Waals surface area contributed by atoms with Gasteiger partial charge in [0.2, 0.25) is 0 Å². The summed E-state index contributed by atoms with van der Waals surface area (Å²) in [5, 5.41) is 6.73. The van der Waals surface area contributed by atoms with Gasteiger partial charge < -0.3 is 19.7 Å². The summed E-state index contributed by atoms with van der Waals surface area (Å²) in [6.07, 6.45) is -9.82. The lowest BCUT2D eigenvalue weighted by Gasteiger charge is -2.61. The van der Waals surface area contributed by atoms with Crippen LogP contribution in [0, 0.1) is 31.5 Å². The second-order valence-corrected chi connectivity index (χ2v) is 16.4. The molecule has 0 saturated heterocycles. The second kappa shape index (κ2) is 11.2. The maximum Gasteiger partial charge on any atom is 0.432 e. The highest BCUT2D eigenvalue weighted by molar-refractivity contribution is 14.1. The van der Waals surface area contributed by atoms with E-state index >= 15 is 0 Å². The fourth-order valence-electron chi connectivity index (χ4n) is 6.69. The monoisotopic (exact) mass is 1060 g/mol. The van der Waals surface area contributed by atoms with E-state index in [1.165, 1.54) is 0 Å². The van der Waals surface area contributed by atoms with Crippen LogP contribution in [0.2, 0.25) is 0 Å². The van der Waals surface area contributed by atoms with Crippen molar-refractivity contribution in [2.75, 3.05) is 0 Å². The number of esters is 1. The molecule has 0 spiro atoms. The van der Waals surface area contributed by atoms with Crippen LogP contribution >= 0.6 is 90.4 Å². The molecule has 5 rings (SSSR count). The Morgan fingerprint density at radius 2 is 1.41 bits per heavy atom. The molecule has 0 radical (unpaired) electrons. The quantitative estimate of drug-likeness (QED) is 0.0911. The molecule has 4 fully saturated rings. The fraction of sp³-hybridized carbons (Fsp3) is 0.591. The molecule has 1 aromatic rings. The van der Waals surface area contributed by atoms with Crippen molar-refractivity contribution in [3.63, 3.8) is 0 Å². The van der Waals surface area contributed by atoms with E-state index in [4.69, 9.17) is 0 Å². The maximum atomic E-state index is 14.1. The third-order valence-corrected chi connectivity index (χ3v) is 16.0. The first-order chi connectivity index (χ1) is 18.6. The van der Waals surface area contributed by atoms with Gasteiger partial charge in [-0.15, -0.1) is 0 Å². The maximum absolute atomic E-state index is 14.1. The van der Waals surface area contributed by atoms with E-state index in [0.717, 1.165) is 0 Å². The number of carbonyl (C=O) groups is 3. The van der Waals surface area contributed by atoms with Crippen molar-refractivity contribution in [2.45, 2.75) is 61.6 Å². The first-order valence-corrected chi connectivity index (χ1v) is 17.3. The number of hydrogen-bond donors (Lipinski definition) is 2. The molecular formula is C22H17F5I4NO8S-. The number of amides is 1. The number of hydrogen-bond acceptors (Lipinski definition) is 7. The smallest absolute Gasteiger partial charge is 0.432 e. The predicted molar refractivity (Wildman–Crippen MR) is 162 cm³/mol. The molecule has 2 N–H and O–H groups in total. The zero-order valence-corrected chi connectivity index (χ0v) is 29.5. The first-order valence-electron chi connectivity index (χ1n) is 11.6. The van der Waals surface area contributed by atoms with Gasteiger partial charge in [0.15, 0.2) is 10.1 Å². The van der Waals surface area contributed by atoms with E-state index in [-0.39, 0.29) is 42.2 Å². The van der Waals surface area contributed by atoms with Gasteiger partial charge >= 0.3 is 23.4 Å². The summed E-state index contributed by atoms with van der Waals surface area (Å²) >= 11 is 7.59. The third kappa shape index (κ3) is 6.05. The van der Waals surface area contributed by atoms with Gasteiger partial charge in [-0.25, -0.2) is 13.2 Å². The number of alkyl halides is 5. The molecule has 41 heavy (non-hydrogen) atoms. The van der Waals surface area contributed by atoms with Gasteiger partial charge in [0, 0.05) is 19.8 Å². The van der Waals surface area contributed by atoms with Crippen molar-refractivity contribution in [3.8, 4) is 0 Å².